The molecule has 0 bridgehead atoms. The van der Waals surface area contributed by atoms with Gasteiger partial charge in [0, 0.05) is 34.1 Å². The third-order valence-corrected chi connectivity index (χ3v) is 11.7. The molecule has 10 aromatic carbocycles. The minimum atomic E-state index is 1.11. The zero-order valence-corrected chi connectivity index (χ0v) is 35.5. The molecule has 0 saturated carbocycles. The highest BCUT2D eigenvalue weighted by molar-refractivity contribution is 5.82. The normalized spacial score (nSPS) is 11.1. The fourth-order valence-corrected chi connectivity index (χ4v) is 8.29. The van der Waals surface area contributed by atoms with Crippen LogP contribution in [0.3, 0.4) is 0 Å². The van der Waals surface area contributed by atoms with Crippen LogP contribution in [0.2, 0.25) is 0 Å². The topological polar surface area (TPSA) is 6.48 Å². The van der Waals surface area contributed by atoms with E-state index >= 15 is 0 Å². The van der Waals surface area contributed by atoms with Crippen molar-refractivity contribution in [1.29, 1.82) is 0 Å². The summed E-state index contributed by atoms with van der Waals surface area (Å²) in [6, 6.07) is 95.1. The summed E-state index contributed by atoms with van der Waals surface area (Å²) in [7, 11) is 0. The van der Waals surface area contributed by atoms with Gasteiger partial charge in [-0.15, -0.1) is 0 Å². The van der Waals surface area contributed by atoms with Crippen molar-refractivity contribution in [3.8, 4) is 44.5 Å². The first kappa shape index (κ1) is 39.7. The van der Waals surface area contributed by atoms with E-state index in [2.05, 4.69) is 289 Å². The van der Waals surface area contributed by atoms with E-state index in [1.807, 2.05) is 0 Å². The molecule has 0 unspecified atom stereocenters. The van der Waals surface area contributed by atoms with E-state index in [0.29, 0.717) is 0 Å². The molecule has 0 heterocycles. The average molecular weight is 819 g/mol. The van der Waals surface area contributed by atoms with E-state index in [9.17, 15) is 0 Å². The maximum atomic E-state index is 2.31. The predicted molar refractivity (Wildman–Crippen MR) is 273 cm³/mol. The second-order valence-electron chi connectivity index (χ2n) is 15.8. The van der Waals surface area contributed by atoms with Gasteiger partial charge >= 0.3 is 0 Å². The minimum Gasteiger partial charge on any atom is -0.311 e. The Morgan fingerprint density at radius 2 is 0.359 bits per heavy atom. The van der Waals surface area contributed by atoms with Gasteiger partial charge in [-0.05, 0) is 128 Å². The minimum absolute atomic E-state index is 1.11. The third-order valence-electron chi connectivity index (χ3n) is 11.7. The SMILES string of the molecule is C(=C\c1ccc(-c2ccc(N(c3ccccc3)c3ccc(-c4ccccc4)cc3)cc2)cc1)/c1ccc(-c2ccc(N(c3ccccc3)c3ccc(-c4ccccc4)cc3)cc2)cc1. The Labute approximate surface area is 377 Å². The van der Waals surface area contributed by atoms with Gasteiger partial charge in [0.2, 0.25) is 0 Å². The molecule has 0 aliphatic rings. The summed E-state index contributed by atoms with van der Waals surface area (Å²) in [5, 5.41) is 0. The Morgan fingerprint density at radius 1 is 0.172 bits per heavy atom. The lowest BCUT2D eigenvalue weighted by molar-refractivity contribution is 1.28. The molecule has 0 fully saturated rings. The van der Waals surface area contributed by atoms with Crippen LogP contribution in [0.1, 0.15) is 11.1 Å². The molecule has 0 saturated heterocycles. The molecule has 0 aliphatic carbocycles. The molecule has 2 nitrogen and oxygen atoms in total. The summed E-state index contributed by atoms with van der Waals surface area (Å²) in [5.41, 5.74) is 18.6. The summed E-state index contributed by atoms with van der Waals surface area (Å²) < 4.78 is 0. The Balaban J connectivity index is 0.807. The van der Waals surface area contributed by atoms with Gasteiger partial charge in [0.1, 0.15) is 0 Å². The summed E-state index contributed by atoms with van der Waals surface area (Å²) in [6.45, 7) is 0. The monoisotopic (exact) mass is 818 g/mol. The van der Waals surface area contributed by atoms with Crippen LogP contribution in [0.25, 0.3) is 56.7 Å². The lowest BCUT2D eigenvalue weighted by Gasteiger charge is -2.26. The van der Waals surface area contributed by atoms with Gasteiger partial charge in [0.05, 0.1) is 0 Å². The Hall–Kier alpha value is -8.46. The molecule has 0 atom stereocenters. The molecule has 0 radical (unpaired) electrons. The van der Waals surface area contributed by atoms with Gasteiger partial charge in [-0.2, -0.15) is 0 Å². The van der Waals surface area contributed by atoms with E-state index in [-0.39, 0.29) is 0 Å². The first-order chi connectivity index (χ1) is 31.7. The van der Waals surface area contributed by atoms with Crippen molar-refractivity contribution < 1.29 is 0 Å². The highest BCUT2D eigenvalue weighted by atomic mass is 15.1. The number of anilines is 6. The first-order valence-corrected chi connectivity index (χ1v) is 21.8. The predicted octanol–water partition coefficient (Wildman–Crippen LogP) is 17.5. The molecule has 10 aromatic rings. The third kappa shape index (κ3) is 8.95. The van der Waals surface area contributed by atoms with Gasteiger partial charge in [0.15, 0.2) is 0 Å². The molecule has 0 amide bonds. The zero-order chi connectivity index (χ0) is 42.9. The van der Waals surface area contributed by atoms with Crippen LogP contribution in [-0.2, 0) is 0 Å². The average Bonchev–Trinajstić information content (AvgIpc) is 3.38. The van der Waals surface area contributed by atoms with Crippen molar-refractivity contribution in [2.75, 3.05) is 9.80 Å². The Kier molecular flexibility index (Phi) is 11.6. The number of nitrogens with zero attached hydrogens (tertiary/aromatic N) is 2. The van der Waals surface area contributed by atoms with Crippen LogP contribution in [-0.4, -0.2) is 0 Å². The number of para-hydroxylation sites is 2. The quantitative estimate of drug-likeness (QED) is 0.113. The number of hydrogen-bond donors (Lipinski definition) is 0. The van der Waals surface area contributed by atoms with E-state index < -0.39 is 0 Å². The number of benzene rings is 10. The van der Waals surface area contributed by atoms with Gasteiger partial charge in [-0.25, -0.2) is 0 Å². The standard InChI is InChI=1S/C62H46N2/c1-5-13-49(14-6-1)53-31-39-59(40-32-53)63(57-17-9-3-10-18-57)61-43-35-55(36-44-61)51-27-23-47(24-28-51)21-22-48-25-29-52(30-26-48)56-37-45-62(46-38-56)64(58-19-11-4-12-20-58)60-41-33-54(34-42-60)50-15-7-2-8-16-50/h1-46H/b22-21+. The van der Waals surface area contributed by atoms with E-state index in [1.54, 1.807) is 0 Å². The lowest BCUT2D eigenvalue weighted by Crippen LogP contribution is -2.09. The van der Waals surface area contributed by atoms with Crippen molar-refractivity contribution in [3.63, 3.8) is 0 Å². The fourth-order valence-electron chi connectivity index (χ4n) is 8.29. The molecule has 64 heavy (non-hydrogen) atoms. The first-order valence-electron chi connectivity index (χ1n) is 21.8. The second-order valence-corrected chi connectivity index (χ2v) is 15.8. The van der Waals surface area contributed by atoms with Crippen molar-refractivity contribution in [3.05, 3.63) is 278 Å². The van der Waals surface area contributed by atoms with Crippen molar-refractivity contribution in [2.24, 2.45) is 0 Å². The van der Waals surface area contributed by atoms with Gasteiger partial charge in [0.25, 0.3) is 0 Å². The fraction of sp³-hybridized carbons (Fsp3) is 0. The highest BCUT2D eigenvalue weighted by Crippen LogP contribution is 2.38. The molecule has 0 spiro atoms. The largest absolute Gasteiger partial charge is 0.311 e. The molecular formula is C62H46N2. The molecule has 0 N–H and O–H groups in total. The van der Waals surface area contributed by atoms with Gasteiger partial charge < -0.3 is 9.80 Å². The molecular weight excluding hydrogens is 773 g/mol. The van der Waals surface area contributed by atoms with Crippen LogP contribution in [0, 0.1) is 0 Å². The molecule has 2 heteroatoms. The molecule has 10 rings (SSSR count). The molecule has 304 valence electrons. The van der Waals surface area contributed by atoms with Crippen LogP contribution < -0.4 is 9.80 Å². The van der Waals surface area contributed by atoms with Crippen molar-refractivity contribution >= 4 is 46.3 Å². The van der Waals surface area contributed by atoms with Crippen LogP contribution in [0.15, 0.2) is 267 Å². The van der Waals surface area contributed by atoms with Gasteiger partial charge in [-0.1, -0.05) is 206 Å². The van der Waals surface area contributed by atoms with Crippen LogP contribution in [0.4, 0.5) is 34.1 Å². The summed E-state index contributed by atoms with van der Waals surface area (Å²) in [5.74, 6) is 0. The van der Waals surface area contributed by atoms with Crippen molar-refractivity contribution in [1.82, 2.24) is 0 Å². The Morgan fingerprint density at radius 3 is 0.609 bits per heavy atom. The van der Waals surface area contributed by atoms with Gasteiger partial charge in [-0.3, -0.25) is 0 Å². The number of hydrogen-bond acceptors (Lipinski definition) is 2. The maximum absolute atomic E-state index is 2.31. The van der Waals surface area contributed by atoms with E-state index in [0.717, 1.165) is 45.3 Å². The zero-order valence-electron chi connectivity index (χ0n) is 35.5. The van der Waals surface area contributed by atoms with Crippen LogP contribution in [0.5, 0.6) is 0 Å². The number of rotatable bonds is 12. The van der Waals surface area contributed by atoms with Crippen LogP contribution >= 0.6 is 0 Å². The maximum Gasteiger partial charge on any atom is 0.0462 e. The van der Waals surface area contributed by atoms with E-state index in [4.69, 9.17) is 0 Å². The lowest BCUT2D eigenvalue weighted by atomic mass is 10.0. The van der Waals surface area contributed by atoms with E-state index in [1.165, 1.54) is 44.5 Å². The second kappa shape index (κ2) is 18.7. The summed E-state index contributed by atoms with van der Waals surface area (Å²) in [4.78, 5) is 4.62. The Bertz CT molecular complexity index is 2840. The van der Waals surface area contributed by atoms with Crippen molar-refractivity contribution in [2.45, 2.75) is 0 Å². The highest BCUT2D eigenvalue weighted by Gasteiger charge is 2.15. The smallest absolute Gasteiger partial charge is 0.0462 e. The molecule has 0 aliphatic heterocycles. The summed E-state index contributed by atoms with van der Waals surface area (Å²) >= 11 is 0. The summed E-state index contributed by atoms with van der Waals surface area (Å²) in [6.07, 6.45) is 4.37. The molecule has 0 aromatic heterocycles.